The lowest BCUT2D eigenvalue weighted by Gasteiger charge is -2.19. The Morgan fingerprint density at radius 2 is 2.19 bits per heavy atom. The minimum atomic E-state index is -0.272. The fraction of sp³-hybridized carbons (Fsp3) is 0.538. The average molecular weight is 221 g/mol. The molecule has 1 atom stereocenters. The molecule has 1 unspecified atom stereocenters. The number of para-hydroxylation sites is 1. The molecule has 16 heavy (non-hydrogen) atoms. The highest BCUT2D eigenvalue weighted by molar-refractivity contribution is 5.37. The monoisotopic (exact) mass is 221 g/mol. The Balaban J connectivity index is 1.79. The summed E-state index contributed by atoms with van der Waals surface area (Å²) in [7, 11) is 0. The molecule has 0 aromatic heterocycles. The number of benzene rings is 1. The van der Waals surface area contributed by atoms with Gasteiger partial charge in [-0.05, 0) is 25.5 Å². The normalized spacial score (nSPS) is 19.3. The molecule has 0 aliphatic carbocycles. The third kappa shape index (κ3) is 2.97. The van der Waals surface area contributed by atoms with Crippen molar-refractivity contribution in [2.24, 2.45) is 5.73 Å². The first-order valence-electron chi connectivity index (χ1n) is 5.66. The third-order valence-corrected chi connectivity index (χ3v) is 2.49. The van der Waals surface area contributed by atoms with Crippen LogP contribution in [0.25, 0.3) is 0 Å². The Kier molecular flexibility index (Phi) is 3.17. The van der Waals surface area contributed by atoms with E-state index in [9.17, 15) is 0 Å². The quantitative estimate of drug-likeness (QED) is 0.842. The molecule has 3 nitrogen and oxygen atoms in total. The first kappa shape index (κ1) is 11.4. The van der Waals surface area contributed by atoms with Crippen LogP contribution in [-0.4, -0.2) is 24.9 Å². The minimum absolute atomic E-state index is 0.139. The van der Waals surface area contributed by atoms with Crippen molar-refractivity contribution in [3.05, 3.63) is 29.8 Å². The minimum Gasteiger partial charge on any atom is -0.487 e. The van der Waals surface area contributed by atoms with Crippen LogP contribution >= 0.6 is 0 Å². The van der Waals surface area contributed by atoms with E-state index in [0.717, 1.165) is 12.2 Å². The Labute approximate surface area is 96.5 Å². The number of hydrogen-bond donors (Lipinski definition) is 1. The molecule has 2 N–H and O–H groups in total. The van der Waals surface area contributed by atoms with E-state index in [1.165, 1.54) is 5.56 Å². The molecule has 1 aliphatic heterocycles. The molecular formula is C13H19NO2. The highest BCUT2D eigenvalue weighted by Crippen LogP contribution is 2.28. The zero-order chi connectivity index (χ0) is 11.6. The first-order chi connectivity index (χ1) is 7.54. The largest absolute Gasteiger partial charge is 0.487 e. The van der Waals surface area contributed by atoms with Crippen LogP contribution in [0.2, 0.25) is 0 Å². The third-order valence-electron chi connectivity index (χ3n) is 2.49. The second-order valence-electron chi connectivity index (χ2n) is 5.06. The summed E-state index contributed by atoms with van der Waals surface area (Å²) in [6.45, 7) is 5.08. The fourth-order valence-electron chi connectivity index (χ4n) is 1.80. The fourth-order valence-corrected chi connectivity index (χ4v) is 1.80. The van der Waals surface area contributed by atoms with E-state index in [1.807, 2.05) is 32.0 Å². The molecule has 0 spiro atoms. The molecule has 0 fully saturated rings. The van der Waals surface area contributed by atoms with Gasteiger partial charge in [0.15, 0.2) is 0 Å². The van der Waals surface area contributed by atoms with Gasteiger partial charge in [-0.15, -0.1) is 0 Å². The van der Waals surface area contributed by atoms with Crippen molar-refractivity contribution >= 4 is 0 Å². The second-order valence-corrected chi connectivity index (χ2v) is 5.06. The maximum absolute atomic E-state index is 5.84. The van der Waals surface area contributed by atoms with E-state index in [-0.39, 0.29) is 11.6 Å². The van der Waals surface area contributed by atoms with Crippen molar-refractivity contribution in [2.45, 2.75) is 31.9 Å². The first-order valence-corrected chi connectivity index (χ1v) is 5.66. The van der Waals surface area contributed by atoms with Crippen LogP contribution in [0, 0.1) is 0 Å². The van der Waals surface area contributed by atoms with E-state index < -0.39 is 0 Å². The highest BCUT2D eigenvalue weighted by atomic mass is 16.5. The SMILES string of the molecule is CC(C)(N)COCC1Cc2ccccc2O1. The maximum atomic E-state index is 5.84. The summed E-state index contributed by atoms with van der Waals surface area (Å²) < 4.78 is 11.3. The molecule has 0 saturated carbocycles. The van der Waals surface area contributed by atoms with Gasteiger partial charge < -0.3 is 15.2 Å². The predicted octanol–water partition coefficient (Wildman–Crippen LogP) is 1.74. The molecular weight excluding hydrogens is 202 g/mol. The molecule has 1 aromatic rings. The molecule has 1 heterocycles. The second kappa shape index (κ2) is 4.44. The molecule has 3 heteroatoms. The Hall–Kier alpha value is -1.06. The Bertz CT molecular complexity index is 332. The molecule has 1 aromatic carbocycles. The lowest BCUT2D eigenvalue weighted by atomic mass is 10.1. The summed E-state index contributed by atoms with van der Waals surface area (Å²) in [5, 5.41) is 0. The lowest BCUT2D eigenvalue weighted by molar-refractivity contribution is 0.0400. The smallest absolute Gasteiger partial charge is 0.126 e. The Morgan fingerprint density at radius 1 is 1.44 bits per heavy atom. The number of nitrogens with two attached hydrogens (primary N) is 1. The lowest BCUT2D eigenvalue weighted by Crippen LogP contribution is -2.38. The number of ether oxygens (including phenoxy) is 2. The van der Waals surface area contributed by atoms with E-state index in [4.69, 9.17) is 15.2 Å². The molecule has 0 radical (unpaired) electrons. The Morgan fingerprint density at radius 3 is 2.88 bits per heavy atom. The van der Waals surface area contributed by atoms with Crippen molar-refractivity contribution in [2.75, 3.05) is 13.2 Å². The van der Waals surface area contributed by atoms with Gasteiger partial charge in [0, 0.05) is 12.0 Å². The van der Waals surface area contributed by atoms with E-state index in [1.54, 1.807) is 0 Å². The summed E-state index contributed by atoms with van der Waals surface area (Å²) >= 11 is 0. The number of fused-ring (bicyclic) bond motifs is 1. The average Bonchev–Trinajstić information content (AvgIpc) is 2.57. The van der Waals surface area contributed by atoms with Gasteiger partial charge in [-0.1, -0.05) is 18.2 Å². The van der Waals surface area contributed by atoms with Crippen LogP contribution in [0.4, 0.5) is 0 Å². The van der Waals surface area contributed by atoms with Crippen molar-refractivity contribution in [1.29, 1.82) is 0 Å². The van der Waals surface area contributed by atoms with Crippen molar-refractivity contribution < 1.29 is 9.47 Å². The van der Waals surface area contributed by atoms with Crippen molar-refractivity contribution in [3.8, 4) is 5.75 Å². The van der Waals surface area contributed by atoms with Crippen molar-refractivity contribution in [1.82, 2.24) is 0 Å². The van der Waals surface area contributed by atoms with Gasteiger partial charge >= 0.3 is 0 Å². The van der Waals surface area contributed by atoms with Gasteiger partial charge in [-0.3, -0.25) is 0 Å². The van der Waals surface area contributed by atoms with E-state index in [2.05, 4.69) is 6.07 Å². The summed E-state index contributed by atoms with van der Waals surface area (Å²) in [4.78, 5) is 0. The zero-order valence-corrected chi connectivity index (χ0v) is 9.90. The van der Waals surface area contributed by atoms with Gasteiger partial charge in [0.25, 0.3) is 0 Å². The maximum Gasteiger partial charge on any atom is 0.126 e. The summed E-state index contributed by atoms with van der Waals surface area (Å²) in [6.07, 6.45) is 1.07. The van der Waals surface area contributed by atoms with Crippen LogP contribution in [0.15, 0.2) is 24.3 Å². The van der Waals surface area contributed by atoms with Crippen LogP contribution < -0.4 is 10.5 Å². The number of rotatable bonds is 4. The van der Waals surface area contributed by atoms with Crippen LogP contribution in [0.3, 0.4) is 0 Å². The molecule has 88 valence electrons. The molecule has 0 bridgehead atoms. The molecule has 2 rings (SSSR count). The van der Waals surface area contributed by atoms with Gasteiger partial charge in [-0.25, -0.2) is 0 Å². The van der Waals surface area contributed by atoms with E-state index >= 15 is 0 Å². The van der Waals surface area contributed by atoms with Crippen LogP contribution in [0.5, 0.6) is 5.75 Å². The predicted molar refractivity (Wildman–Crippen MR) is 63.6 cm³/mol. The molecule has 0 amide bonds. The standard InChI is InChI=1S/C13H19NO2/c1-13(2,14)9-15-8-11-7-10-5-3-4-6-12(10)16-11/h3-6,11H,7-9,14H2,1-2H3. The van der Waals surface area contributed by atoms with Gasteiger partial charge in [-0.2, -0.15) is 0 Å². The highest BCUT2D eigenvalue weighted by Gasteiger charge is 2.23. The summed E-state index contributed by atoms with van der Waals surface area (Å²) in [5.41, 5.74) is 6.83. The van der Waals surface area contributed by atoms with Crippen molar-refractivity contribution in [3.63, 3.8) is 0 Å². The molecule has 1 aliphatic rings. The van der Waals surface area contributed by atoms with E-state index in [0.29, 0.717) is 13.2 Å². The van der Waals surface area contributed by atoms with Gasteiger partial charge in [0.1, 0.15) is 11.9 Å². The topological polar surface area (TPSA) is 44.5 Å². The van der Waals surface area contributed by atoms with Crippen LogP contribution in [-0.2, 0) is 11.2 Å². The number of hydrogen-bond acceptors (Lipinski definition) is 3. The summed E-state index contributed by atoms with van der Waals surface area (Å²) in [6, 6.07) is 8.13. The van der Waals surface area contributed by atoms with Gasteiger partial charge in [0.2, 0.25) is 0 Å². The molecule has 0 saturated heterocycles. The van der Waals surface area contributed by atoms with Crippen LogP contribution in [0.1, 0.15) is 19.4 Å². The van der Waals surface area contributed by atoms with Gasteiger partial charge in [0.05, 0.1) is 13.2 Å². The zero-order valence-electron chi connectivity index (χ0n) is 9.90. The summed E-state index contributed by atoms with van der Waals surface area (Å²) in [5.74, 6) is 0.989.